The molecule has 0 aliphatic rings. The predicted molar refractivity (Wildman–Crippen MR) is 141 cm³/mol. The molecule has 2 aromatic carbocycles. The molecule has 1 amide bonds. The van der Waals surface area contributed by atoms with Crippen molar-refractivity contribution in [3.05, 3.63) is 80.6 Å². The Hall–Kier alpha value is -2.60. The molecule has 0 saturated heterocycles. The van der Waals surface area contributed by atoms with Gasteiger partial charge in [-0.1, -0.05) is 46.9 Å². The standard InChI is InChI=1S/C24H15Cl3N4OS2/c25-16-4-1-14(2-5-16)20-8-3-15(12-28)23(29-20)33-10-9-22(32)31-24-30-21(13-34-24)18-7-6-17(26)11-19(18)27/h1-8,11,13H,9-10H2,(H,30,31,32). The van der Waals surface area contributed by atoms with E-state index >= 15 is 0 Å². The Morgan fingerprint density at radius 3 is 2.50 bits per heavy atom. The first-order valence-electron chi connectivity index (χ1n) is 9.93. The molecule has 2 heterocycles. The van der Waals surface area contributed by atoms with Crippen LogP contribution in [0, 0.1) is 11.3 Å². The number of rotatable bonds is 7. The first-order chi connectivity index (χ1) is 16.4. The highest BCUT2D eigenvalue weighted by molar-refractivity contribution is 7.99. The van der Waals surface area contributed by atoms with Crippen LogP contribution in [0.4, 0.5) is 5.13 Å². The average Bonchev–Trinajstić information content (AvgIpc) is 3.27. The van der Waals surface area contributed by atoms with Crippen LogP contribution >= 0.6 is 57.9 Å². The van der Waals surface area contributed by atoms with E-state index in [4.69, 9.17) is 34.8 Å². The summed E-state index contributed by atoms with van der Waals surface area (Å²) in [4.78, 5) is 21.5. The molecular weight excluding hydrogens is 531 g/mol. The Kier molecular flexibility index (Phi) is 8.09. The van der Waals surface area contributed by atoms with Gasteiger partial charge in [0.05, 0.1) is 22.0 Å². The monoisotopic (exact) mass is 544 g/mol. The third-order valence-electron chi connectivity index (χ3n) is 4.65. The number of halogens is 3. The molecule has 0 bridgehead atoms. The van der Waals surface area contributed by atoms with Gasteiger partial charge in [-0.2, -0.15) is 5.26 Å². The number of nitriles is 1. The van der Waals surface area contributed by atoms with E-state index in [-0.39, 0.29) is 12.3 Å². The summed E-state index contributed by atoms with van der Waals surface area (Å²) in [6.45, 7) is 0. The van der Waals surface area contributed by atoms with E-state index in [0.29, 0.717) is 42.2 Å². The molecule has 0 saturated carbocycles. The number of amides is 1. The molecular formula is C24H15Cl3N4OS2. The van der Waals surface area contributed by atoms with E-state index in [0.717, 1.165) is 16.8 Å². The molecule has 0 spiro atoms. The number of pyridine rings is 1. The van der Waals surface area contributed by atoms with Gasteiger partial charge >= 0.3 is 0 Å². The molecule has 0 radical (unpaired) electrons. The summed E-state index contributed by atoms with van der Waals surface area (Å²) >= 11 is 20.8. The van der Waals surface area contributed by atoms with Crippen molar-refractivity contribution in [2.75, 3.05) is 11.1 Å². The maximum absolute atomic E-state index is 12.4. The molecule has 170 valence electrons. The number of nitrogens with zero attached hydrogens (tertiary/aromatic N) is 3. The zero-order chi connectivity index (χ0) is 24.1. The van der Waals surface area contributed by atoms with Crippen LogP contribution in [0.2, 0.25) is 15.1 Å². The highest BCUT2D eigenvalue weighted by Gasteiger charge is 2.13. The van der Waals surface area contributed by atoms with Crippen LogP contribution in [0.5, 0.6) is 0 Å². The zero-order valence-corrected chi connectivity index (χ0v) is 21.3. The van der Waals surface area contributed by atoms with E-state index in [1.807, 2.05) is 17.5 Å². The predicted octanol–water partition coefficient (Wildman–Crippen LogP) is 7.82. The van der Waals surface area contributed by atoms with Crippen LogP contribution in [0.25, 0.3) is 22.5 Å². The van der Waals surface area contributed by atoms with Crippen LogP contribution in [0.15, 0.2) is 65.0 Å². The van der Waals surface area contributed by atoms with Gasteiger partial charge in [0.2, 0.25) is 5.91 Å². The molecule has 0 unspecified atom stereocenters. The summed E-state index contributed by atoms with van der Waals surface area (Å²) in [6.07, 6.45) is 0.235. The lowest BCUT2D eigenvalue weighted by atomic mass is 10.1. The molecule has 0 atom stereocenters. The molecule has 4 rings (SSSR count). The Morgan fingerprint density at radius 2 is 1.76 bits per heavy atom. The van der Waals surface area contributed by atoms with E-state index in [1.165, 1.54) is 23.1 Å². The fourth-order valence-corrected chi connectivity index (χ4v) is 5.26. The fourth-order valence-electron chi connectivity index (χ4n) is 2.99. The van der Waals surface area contributed by atoms with E-state index in [1.54, 1.807) is 42.5 Å². The summed E-state index contributed by atoms with van der Waals surface area (Å²) in [7, 11) is 0. The minimum atomic E-state index is -0.178. The van der Waals surface area contributed by atoms with Crippen molar-refractivity contribution < 1.29 is 4.79 Å². The second kappa shape index (κ2) is 11.2. The van der Waals surface area contributed by atoms with E-state index < -0.39 is 0 Å². The Bertz CT molecular complexity index is 1380. The van der Waals surface area contributed by atoms with Crippen LogP contribution in [0.1, 0.15) is 12.0 Å². The zero-order valence-electron chi connectivity index (χ0n) is 17.4. The second-order valence-electron chi connectivity index (χ2n) is 6.98. The first kappa shape index (κ1) is 24.5. The van der Waals surface area contributed by atoms with E-state index in [9.17, 15) is 10.1 Å². The average molecular weight is 546 g/mol. The molecule has 0 aliphatic carbocycles. The number of hydrogen-bond acceptors (Lipinski definition) is 6. The van der Waals surface area contributed by atoms with Crippen molar-refractivity contribution in [1.82, 2.24) is 9.97 Å². The van der Waals surface area contributed by atoms with Crippen LogP contribution in [-0.4, -0.2) is 21.6 Å². The number of aromatic nitrogens is 2. The Morgan fingerprint density at radius 1 is 1.00 bits per heavy atom. The number of thiazole rings is 1. The van der Waals surface area contributed by atoms with Gasteiger partial charge in [-0.05, 0) is 42.5 Å². The van der Waals surface area contributed by atoms with Crippen LogP contribution in [-0.2, 0) is 4.79 Å². The van der Waals surface area contributed by atoms with Crippen molar-refractivity contribution in [3.8, 4) is 28.6 Å². The smallest absolute Gasteiger partial charge is 0.226 e. The van der Waals surface area contributed by atoms with Crippen molar-refractivity contribution in [2.24, 2.45) is 0 Å². The molecule has 0 fully saturated rings. The lowest BCUT2D eigenvalue weighted by molar-refractivity contribution is -0.115. The number of hydrogen-bond donors (Lipinski definition) is 1. The molecule has 5 nitrogen and oxygen atoms in total. The lowest BCUT2D eigenvalue weighted by Gasteiger charge is -2.07. The van der Waals surface area contributed by atoms with E-state index in [2.05, 4.69) is 21.4 Å². The number of anilines is 1. The van der Waals surface area contributed by atoms with Gasteiger partial charge in [-0.3, -0.25) is 4.79 Å². The minimum Gasteiger partial charge on any atom is -0.302 e. The van der Waals surface area contributed by atoms with Gasteiger partial charge in [0.1, 0.15) is 11.1 Å². The van der Waals surface area contributed by atoms with Gasteiger partial charge in [-0.25, -0.2) is 9.97 Å². The maximum Gasteiger partial charge on any atom is 0.226 e. The van der Waals surface area contributed by atoms with Gasteiger partial charge in [-0.15, -0.1) is 23.1 Å². The molecule has 34 heavy (non-hydrogen) atoms. The third kappa shape index (κ3) is 6.09. The Labute approximate surface area is 219 Å². The summed E-state index contributed by atoms with van der Waals surface area (Å²) in [5, 5.41) is 16.8. The number of benzene rings is 2. The van der Waals surface area contributed by atoms with Gasteiger partial charge in [0, 0.05) is 38.7 Å². The number of nitrogens with one attached hydrogen (secondary N) is 1. The largest absolute Gasteiger partial charge is 0.302 e. The molecule has 1 N–H and O–H groups in total. The van der Waals surface area contributed by atoms with Crippen molar-refractivity contribution in [3.63, 3.8) is 0 Å². The van der Waals surface area contributed by atoms with Gasteiger partial charge < -0.3 is 5.32 Å². The number of carbonyl (C=O) groups is 1. The van der Waals surface area contributed by atoms with Gasteiger partial charge in [0.25, 0.3) is 0 Å². The fraction of sp³-hybridized carbons (Fsp3) is 0.0833. The summed E-state index contributed by atoms with van der Waals surface area (Å²) in [6, 6.07) is 18.2. The first-order valence-corrected chi connectivity index (χ1v) is 12.9. The Balaban J connectivity index is 1.37. The van der Waals surface area contributed by atoms with Crippen molar-refractivity contribution in [1.29, 1.82) is 5.26 Å². The second-order valence-corrected chi connectivity index (χ2v) is 10.2. The number of thioether (sulfide) groups is 1. The number of carbonyl (C=O) groups excluding carboxylic acids is 1. The molecule has 0 aliphatic heterocycles. The topological polar surface area (TPSA) is 78.7 Å². The lowest BCUT2D eigenvalue weighted by Crippen LogP contribution is -2.12. The summed E-state index contributed by atoms with van der Waals surface area (Å²) in [5.74, 6) is 0.279. The SMILES string of the molecule is N#Cc1ccc(-c2ccc(Cl)cc2)nc1SCCC(=O)Nc1nc(-c2ccc(Cl)cc2Cl)cs1. The summed E-state index contributed by atoms with van der Waals surface area (Å²) in [5.41, 5.74) is 3.51. The molecule has 10 heteroatoms. The highest BCUT2D eigenvalue weighted by atomic mass is 35.5. The normalized spacial score (nSPS) is 10.6. The van der Waals surface area contributed by atoms with Crippen molar-refractivity contribution >= 4 is 68.9 Å². The minimum absolute atomic E-state index is 0.178. The summed E-state index contributed by atoms with van der Waals surface area (Å²) < 4.78 is 0. The van der Waals surface area contributed by atoms with Crippen molar-refractivity contribution in [2.45, 2.75) is 11.4 Å². The molecule has 4 aromatic rings. The van der Waals surface area contributed by atoms with Gasteiger partial charge in [0.15, 0.2) is 5.13 Å². The highest BCUT2D eigenvalue weighted by Crippen LogP contribution is 2.32. The van der Waals surface area contributed by atoms with Crippen LogP contribution < -0.4 is 5.32 Å². The molecule has 2 aromatic heterocycles. The maximum atomic E-state index is 12.4. The quantitative estimate of drug-likeness (QED) is 0.239. The van der Waals surface area contributed by atoms with Crippen LogP contribution in [0.3, 0.4) is 0 Å². The third-order valence-corrected chi connectivity index (χ3v) is 7.20.